The molecule has 0 N–H and O–H groups in total. The van der Waals surface area contributed by atoms with Crippen molar-refractivity contribution in [2.75, 3.05) is 19.0 Å². The fourth-order valence-corrected chi connectivity index (χ4v) is 5.73. The van der Waals surface area contributed by atoms with Gasteiger partial charge in [-0.3, -0.25) is 4.79 Å². The van der Waals surface area contributed by atoms with Crippen LogP contribution in [-0.2, 0) is 22.4 Å². The van der Waals surface area contributed by atoms with Crippen LogP contribution >= 0.6 is 11.3 Å². The smallest absolute Gasteiger partial charge is 0.224 e. The van der Waals surface area contributed by atoms with Crippen LogP contribution < -0.4 is 4.90 Å². The van der Waals surface area contributed by atoms with Crippen LogP contribution in [0.5, 0.6) is 0 Å². The summed E-state index contributed by atoms with van der Waals surface area (Å²) in [6.45, 7) is 9.51. The number of ketones is 1. The molecule has 0 aliphatic heterocycles. The van der Waals surface area contributed by atoms with Gasteiger partial charge in [-0.05, 0) is 65.9 Å². The van der Waals surface area contributed by atoms with Crippen molar-refractivity contribution in [3.05, 3.63) is 34.1 Å². The van der Waals surface area contributed by atoms with Crippen molar-refractivity contribution in [2.45, 2.75) is 72.0 Å². The van der Waals surface area contributed by atoms with Crippen LogP contribution in [0, 0.1) is 6.92 Å². The Kier molecular flexibility index (Phi) is 6.07. The summed E-state index contributed by atoms with van der Waals surface area (Å²) in [6, 6.07) is 0. The molecule has 32 heavy (non-hydrogen) atoms. The van der Waals surface area contributed by atoms with Crippen LogP contribution in [0.1, 0.15) is 68.3 Å². The van der Waals surface area contributed by atoms with E-state index < -0.39 is 11.7 Å². The summed E-state index contributed by atoms with van der Waals surface area (Å²) in [5, 5.41) is 1.15. The van der Waals surface area contributed by atoms with Crippen molar-refractivity contribution in [2.24, 2.45) is 0 Å². The molecular weight excluding hydrogens is 420 g/mol. The number of Topliss-reactive ketones (excluding diaryl/α,β-unsaturated/α-hetero) is 1. The lowest BCUT2D eigenvalue weighted by Gasteiger charge is -2.29. The lowest BCUT2D eigenvalue weighted by atomic mass is 9.88. The normalized spacial score (nSPS) is 15.0. The minimum absolute atomic E-state index is 0.0275. The van der Waals surface area contributed by atoms with Crippen molar-refractivity contribution >= 4 is 33.3 Å². The minimum atomic E-state index is -0.699. The van der Waals surface area contributed by atoms with E-state index in [0.29, 0.717) is 5.95 Å². The zero-order valence-electron chi connectivity index (χ0n) is 20.1. The van der Waals surface area contributed by atoms with E-state index in [4.69, 9.17) is 9.72 Å². The third kappa shape index (κ3) is 4.28. The zero-order valence-corrected chi connectivity index (χ0v) is 20.9. The van der Waals surface area contributed by atoms with E-state index in [1.807, 2.05) is 59.1 Å². The molecular formula is C25H32N4O2S. The monoisotopic (exact) mass is 452 g/mol. The first-order valence-corrected chi connectivity index (χ1v) is 12.0. The number of aromatic nitrogens is 3. The molecule has 4 rings (SSSR count). The van der Waals surface area contributed by atoms with E-state index in [1.165, 1.54) is 23.3 Å². The Hall–Kier alpha value is -2.38. The molecule has 1 aliphatic rings. The number of carbonyl (C=O) groups excluding carboxylic acids is 1. The summed E-state index contributed by atoms with van der Waals surface area (Å²) < 4.78 is 6.32. The third-order valence-corrected chi connectivity index (χ3v) is 6.95. The van der Waals surface area contributed by atoms with E-state index in [0.717, 1.165) is 45.4 Å². The molecule has 0 aromatic carbocycles. The van der Waals surface area contributed by atoms with Gasteiger partial charge in [0.2, 0.25) is 5.95 Å². The van der Waals surface area contributed by atoms with Crippen molar-refractivity contribution in [3.63, 3.8) is 0 Å². The van der Waals surface area contributed by atoms with Crippen LogP contribution in [0.25, 0.3) is 21.3 Å². The number of anilines is 1. The number of thiophene rings is 1. The molecule has 3 aromatic rings. The fraction of sp³-hybridized carbons (Fsp3) is 0.520. The lowest BCUT2D eigenvalue weighted by molar-refractivity contribution is -0.138. The van der Waals surface area contributed by atoms with Crippen molar-refractivity contribution in [3.8, 4) is 11.1 Å². The standard InChI is InChI=1S/C25H32N4O2S/c1-14-19(22(15(2)30)31-25(3,4)5)20(16-12-26-24(27-13-16)29(6)7)21-17-10-8-9-11-18(17)32-23(21)28-14/h12-13,22H,8-11H2,1-7H3/t22-/m1/s1. The molecule has 0 unspecified atom stereocenters. The molecule has 0 saturated carbocycles. The highest BCUT2D eigenvalue weighted by Crippen LogP contribution is 2.45. The van der Waals surface area contributed by atoms with Crippen LogP contribution in [0.15, 0.2) is 12.4 Å². The highest BCUT2D eigenvalue weighted by Gasteiger charge is 2.32. The largest absolute Gasteiger partial charge is 0.360 e. The Morgan fingerprint density at radius 1 is 1.16 bits per heavy atom. The molecule has 0 radical (unpaired) electrons. The number of rotatable bonds is 5. The first kappa shape index (κ1) is 22.8. The number of carbonyl (C=O) groups is 1. The average molecular weight is 453 g/mol. The van der Waals surface area contributed by atoms with Crippen LogP contribution in [0.4, 0.5) is 5.95 Å². The van der Waals surface area contributed by atoms with Gasteiger partial charge in [-0.25, -0.2) is 15.0 Å². The second-order valence-electron chi connectivity index (χ2n) is 9.76. The second kappa shape index (κ2) is 8.52. The van der Waals surface area contributed by atoms with Crippen molar-refractivity contribution in [1.29, 1.82) is 0 Å². The van der Waals surface area contributed by atoms with Crippen LogP contribution in [0.3, 0.4) is 0 Å². The van der Waals surface area contributed by atoms with E-state index in [-0.39, 0.29) is 5.78 Å². The minimum Gasteiger partial charge on any atom is -0.360 e. The summed E-state index contributed by atoms with van der Waals surface area (Å²) in [6.07, 6.45) is 7.54. The van der Waals surface area contributed by atoms with E-state index in [9.17, 15) is 4.79 Å². The van der Waals surface area contributed by atoms with E-state index >= 15 is 0 Å². The van der Waals surface area contributed by atoms with Gasteiger partial charge in [0.05, 0.1) is 5.60 Å². The second-order valence-corrected chi connectivity index (χ2v) is 10.8. The predicted molar refractivity (Wildman–Crippen MR) is 131 cm³/mol. The molecule has 7 heteroatoms. The van der Waals surface area contributed by atoms with Gasteiger partial charge in [-0.1, -0.05) is 0 Å². The van der Waals surface area contributed by atoms with Crippen LogP contribution in [0.2, 0.25) is 0 Å². The van der Waals surface area contributed by atoms with Crippen LogP contribution in [-0.4, -0.2) is 40.4 Å². The number of nitrogens with zero attached hydrogens (tertiary/aromatic N) is 4. The zero-order chi connectivity index (χ0) is 23.2. The molecule has 1 aliphatic carbocycles. The quantitative estimate of drug-likeness (QED) is 0.513. The van der Waals surface area contributed by atoms with E-state index in [2.05, 4.69) is 9.97 Å². The fourth-order valence-electron chi connectivity index (χ4n) is 4.42. The molecule has 6 nitrogen and oxygen atoms in total. The molecule has 0 fully saturated rings. The van der Waals surface area contributed by atoms with Gasteiger partial charge in [-0.2, -0.15) is 0 Å². The summed E-state index contributed by atoms with van der Waals surface area (Å²) in [7, 11) is 3.85. The third-order valence-electron chi connectivity index (χ3n) is 5.76. The van der Waals surface area contributed by atoms with Crippen molar-refractivity contribution < 1.29 is 9.53 Å². The maximum atomic E-state index is 12.9. The molecule has 0 spiro atoms. The first-order valence-electron chi connectivity index (χ1n) is 11.2. The Balaban J connectivity index is 2.05. The topological polar surface area (TPSA) is 68.2 Å². The number of aryl methyl sites for hydroxylation is 3. The molecule has 0 amide bonds. The van der Waals surface area contributed by atoms with Gasteiger partial charge in [0.1, 0.15) is 10.9 Å². The Bertz CT molecular complexity index is 1160. The molecule has 0 bridgehead atoms. The number of pyridine rings is 1. The molecule has 3 heterocycles. The Morgan fingerprint density at radius 2 is 1.81 bits per heavy atom. The number of fused-ring (bicyclic) bond motifs is 3. The summed E-state index contributed by atoms with van der Waals surface area (Å²) in [5.74, 6) is 0.624. The number of hydrogen-bond acceptors (Lipinski definition) is 7. The van der Waals surface area contributed by atoms with Crippen molar-refractivity contribution in [1.82, 2.24) is 15.0 Å². The molecule has 170 valence electrons. The maximum Gasteiger partial charge on any atom is 0.224 e. The van der Waals surface area contributed by atoms with Gasteiger partial charge in [0.15, 0.2) is 5.78 Å². The first-order chi connectivity index (χ1) is 15.1. The highest BCUT2D eigenvalue weighted by atomic mass is 32.1. The Morgan fingerprint density at radius 3 is 2.41 bits per heavy atom. The summed E-state index contributed by atoms with van der Waals surface area (Å²) in [5.41, 5.74) is 4.46. The maximum absolute atomic E-state index is 12.9. The molecule has 1 atom stereocenters. The van der Waals surface area contributed by atoms with Gasteiger partial charge in [0, 0.05) is 59.1 Å². The SMILES string of the molecule is CC(=O)[C@@H](OC(C)(C)C)c1c(C)nc2sc3c(c2c1-c1cnc(N(C)C)nc1)CCCC3. The Labute approximate surface area is 194 Å². The number of ether oxygens (including phenoxy) is 1. The predicted octanol–water partition coefficient (Wildman–Crippen LogP) is 5.45. The van der Waals surface area contributed by atoms with Gasteiger partial charge >= 0.3 is 0 Å². The lowest BCUT2D eigenvalue weighted by Crippen LogP contribution is -2.27. The molecule has 0 saturated heterocycles. The molecule has 3 aromatic heterocycles. The van der Waals surface area contributed by atoms with Gasteiger partial charge < -0.3 is 9.64 Å². The number of hydrogen-bond donors (Lipinski definition) is 0. The van der Waals surface area contributed by atoms with Gasteiger partial charge in [-0.15, -0.1) is 11.3 Å². The summed E-state index contributed by atoms with van der Waals surface area (Å²) in [4.78, 5) is 31.3. The summed E-state index contributed by atoms with van der Waals surface area (Å²) >= 11 is 1.79. The highest BCUT2D eigenvalue weighted by molar-refractivity contribution is 7.19. The average Bonchev–Trinajstić information content (AvgIpc) is 3.08. The van der Waals surface area contributed by atoms with Gasteiger partial charge in [0.25, 0.3) is 0 Å². The van der Waals surface area contributed by atoms with E-state index in [1.54, 1.807) is 18.3 Å².